The van der Waals surface area contributed by atoms with Crippen LogP contribution in [0.2, 0.25) is 0 Å². The Hall–Kier alpha value is -3.74. The van der Waals surface area contributed by atoms with Crippen LogP contribution >= 0.6 is 11.3 Å². The Kier molecular flexibility index (Phi) is 5.54. The zero-order valence-electron chi connectivity index (χ0n) is 18.3. The predicted molar refractivity (Wildman–Crippen MR) is 128 cm³/mol. The molecule has 0 bridgehead atoms. The van der Waals surface area contributed by atoms with Gasteiger partial charge < -0.3 is 9.64 Å². The Labute approximate surface area is 195 Å². The highest BCUT2D eigenvalue weighted by atomic mass is 32.1. The van der Waals surface area contributed by atoms with Crippen molar-refractivity contribution in [3.8, 4) is 27.8 Å². The van der Waals surface area contributed by atoms with Crippen LogP contribution in [0, 0.1) is 18.3 Å². The van der Waals surface area contributed by atoms with Gasteiger partial charge in [-0.15, -0.1) is 0 Å². The summed E-state index contributed by atoms with van der Waals surface area (Å²) in [6, 6.07) is 13.6. The Balaban J connectivity index is 1.59. The van der Waals surface area contributed by atoms with E-state index in [1.54, 1.807) is 11.0 Å². The molecule has 4 aromatic rings. The van der Waals surface area contributed by atoms with Gasteiger partial charge in [0.1, 0.15) is 0 Å². The molecule has 0 atom stereocenters. The van der Waals surface area contributed by atoms with Gasteiger partial charge in [-0.05, 0) is 42.3 Å². The highest BCUT2D eigenvalue weighted by Crippen LogP contribution is 2.41. The number of hydrogen-bond acceptors (Lipinski definition) is 6. The largest absolute Gasteiger partial charge is 0.378 e. The van der Waals surface area contributed by atoms with Gasteiger partial charge in [-0.3, -0.25) is 10.00 Å². The van der Waals surface area contributed by atoms with Gasteiger partial charge in [0.2, 0.25) is 0 Å². The third kappa shape index (κ3) is 4.06. The van der Waals surface area contributed by atoms with Gasteiger partial charge in [0, 0.05) is 31.1 Å². The Morgan fingerprint density at radius 3 is 2.82 bits per heavy atom. The summed E-state index contributed by atoms with van der Waals surface area (Å²) >= 11 is 1.43. The molecule has 1 aliphatic heterocycles. The monoisotopic (exact) mass is 458 g/mol. The molecule has 9 heteroatoms. The van der Waals surface area contributed by atoms with Gasteiger partial charge in [-0.1, -0.05) is 23.5 Å². The number of morpholine rings is 1. The molecule has 1 saturated heterocycles. The fourth-order valence-electron chi connectivity index (χ4n) is 4.12. The van der Waals surface area contributed by atoms with Crippen LogP contribution in [0.25, 0.3) is 32.6 Å². The highest BCUT2D eigenvalue weighted by Gasteiger charge is 2.21. The van der Waals surface area contributed by atoms with Crippen molar-refractivity contribution in [3.63, 3.8) is 0 Å². The van der Waals surface area contributed by atoms with Crippen molar-refractivity contribution in [2.45, 2.75) is 6.92 Å². The number of amides is 2. The molecule has 0 radical (unpaired) electrons. The molecular weight excluding hydrogens is 436 g/mol. The van der Waals surface area contributed by atoms with E-state index in [4.69, 9.17) is 9.72 Å². The van der Waals surface area contributed by atoms with Crippen molar-refractivity contribution >= 4 is 33.4 Å². The summed E-state index contributed by atoms with van der Waals surface area (Å²) in [7, 11) is 1.93. The molecule has 33 heavy (non-hydrogen) atoms. The molecule has 0 saturated carbocycles. The van der Waals surface area contributed by atoms with Crippen molar-refractivity contribution < 1.29 is 9.53 Å². The molecule has 166 valence electrons. The number of rotatable bonds is 3. The fourth-order valence-corrected chi connectivity index (χ4v) is 5.09. The second-order valence-corrected chi connectivity index (χ2v) is 8.92. The maximum Gasteiger partial charge on any atom is 0.323 e. The summed E-state index contributed by atoms with van der Waals surface area (Å²) in [5.74, 6) is 0. The fraction of sp³-hybridized carbons (Fsp3) is 0.250. The first kappa shape index (κ1) is 21.1. The highest BCUT2D eigenvalue weighted by molar-refractivity contribution is 7.19. The molecule has 1 N–H and O–H groups in total. The van der Waals surface area contributed by atoms with Crippen LogP contribution < -0.4 is 5.32 Å². The summed E-state index contributed by atoms with van der Waals surface area (Å²) in [6.45, 7) is 4.24. The number of nitrogens with zero attached hydrogens (tertiary/aromatic N) is 5. The molecule has 2 aromatic carbocycles. The van der Waals surface area contributed by atoms with Crippen LogP contribution in [0.4, 0.5) is 9.93 Å². The number of hydrogen-bond donors (Lipinski definition) is 1. The van der Waals surface area contributed by atoms with E-state index in [-0.39, 0.29) is 6.03 Å². The van der Waals surface area contributed by atoms with Crippen molar-refractivity contribution in [1.29, 1.82) is 5.26 Å². The van der Waals surface area contributed by atoms with E-state index in [0.29, 0.717) is 37.0 Å². The van der Waals surface area contributed by atoms with Crippen LogP contribution in [-0.2, 0) is 11.8 Å². The van der Waals surface area contributed by atoms with E-state index in [2.05, 4.69) is 35.5 Å². The minimum absolute atomic E-state index is 0.185. The third-order valence-corrected chi connectivity index (χ3v) is 6.71. The first-order chi connectivity index (χ1) is 16.0. The lowest BCUT2D eigenvalue weighted by molar-refractivity contribution is 0.0564. The van der Waals surface area contributed by atoms with E-state index in [0.717, 1.165) is 38.2 Å². The molecule has 0 aliphatic carbocycles. The van der Waals surface area contributed by atoms with Gasteiger partial charge in [0.25, 0.3) is 0 Å². The topological polar surface area (TPSA) is 96.1 Å². The zero-order chi connectivity index (χ0) is 22.9. The van der Waals surface area contributed by atoms with Crippen LogP contribution in [0.3, 0.4) is 0 Å². The number of nitrogens with one attached hydrogen (secondary N) is 1. The second-order valence-electron chi connectivity index (χ2n) is 7.92. The lowest BCUT2D eigenvalue weighted by Crippen LogP contribution is -2.43. The number of aryl methyl sites for hydroxylation is 2. The van der Waals surface area contributed by atoms with E-state index in [1.165, 1.54) is 11.3 Å². The Morgan fingerprint density at radius 2 is 2.03 bits per heavy atom. The summed E-state index contributed by atoms with van der Waals surface area (Å²) in [4.78, 5) is 20.2. The Morgan fingerprint density at radius 1 is 1.21 bits per heavy atom. The number of fused-ring (bicyclic) bond motifs is 1. The van der Waals surface area contributed by atoms with Crippen molar-refractivity contribution in [2.75, 3.05) is 31.6 Å². The average Bonchev–Trinajstić information content (AvgIpc) is 3.43. The predicted octanol–water partition coefficient (Wildman–Crippen LogP) is 4.41. The maximum absolute atomic E-state index is 12.8. The van der Waals surface area contributed by atoms with Crippen molar-refractivity contribution in [3.05, 3.63) is 53.7 Å². The van der Waals surface area contributed by atoms with Crippen LogP contribution in [0.15, 0.2) is 42.6 Å². The summed E-state index contributed by atoms with van der Waals surface area (Å²) in [6.07, 6.45) is 1.85. The van der Waals surface area contributed by atoms with E-state index in [9.17, 15) is 10.1 Å². The number of anilines is 1. The molecule has 0 spiro atoms. The first-order valence-corrected chi connectivity index (χ1v) is 11.4. The lowest BCUT2D eigenvalue weighted by Gasteiger charge is -2.26. The van der Waals surface area contributed by atoms with Gasteiger partial charge in [-0.2, -0.15) is 10.4 Å². The van der Waals surface area contributed by atoms with E-state index >= 15 is 0 Å². The number of ether oxygens (including phenoxy) is 1. The number of urea groups is 1. The van der Waals surface area contributed by atoms with Gasteiger partial charge in [0.05, 0.1) is 47.1 Å². The molecular formula is C24H22N6O2S. The minimum atomic E-state index is -0.185. The zero-order valence-corrected chi connectivity index (χ0v) is 19.1. The minimum Gasteiger partial charge on any atom is -0.378 e. The van der Waals surface area contributed by atoms with Gasteiger partial charge in [0.15, 0.2) is 5.13 Å². The summed E-state index contributed by atoms with van der Waals surface area (Å²) in [5.41, 5.74) is 5.30. The van der Waals surface area contributed by atoms with Crippen LogP contribution in [0.1, 0.15) is 11.1 Å². The standard InChI is InChI=1S/C24H22N6O2S/c1-15-10-18(12-19-14-26-29(2)21(15)19)22-20(17-5-3-4-16(11-17)13-25)27-23(33-22)28-24(31)30-6-8-32-9-7-30/h3-5,10-12,14H,6-9H2,1-2H3,(H,27,28,31). The lowest BCUT2D eigenvalue weighted by atomic mass is 10.0. The van der Waals surface area contributed by atoms with E-state index in [1.807, 2.05) is 36.1 Å². The number of nitriles is 1. The number of carbonyl (C=O) groups is 1. The summed E-state index contributed by atoms with van der Waals surface area (Å²) < 4.78 is 7.21. The molecule has 2 aromatic heterocycles. The quantitative estimate of drug-likeness (QED) is 0.491. The molecule has 2 amide bonds. The SMILES string of the molecule is Cc1cc(-c2sc(NC(=O)N3CCOCC3)nc2-c2cccc(C#N)c2)cc2cnn(C)c12. The molecule has 1 aliphatic rings. The molecule has 3 heterocycles. The van der Waals surface area contributed by atoms with E-state index < -0.39 is 0 Å². The van der Waals surface area contributed by atoms with Gasteiger partial charge >= 0.3 is 6.03 Å². The molecule has 8 nitrogen and oxygen atoms in total. The maximum atomic E-state index is 12.8. The molecule has 5 rings (SSSR count). The van der Waals surface area contributed by atoms with Crippen molar-refractivity contribution in [2.24, 2.45) is 7.05 Å². The Bertz CT molecular complexity index is 1390. The first-order valence-electron chi connectivity index (χ1n) is 10.6. The number of aromatic nitrogens is 3. The number of thiazole rings is 1. The van der Waals surface area contributed by atoms with Crippen molar-refractivity contribution in [1.82, 2.24) is 19.7 Å². The molecule has 0 unspecified atom stereocenters. The summed E-state index contributed by atoms with van der Waals surface area (Å²) in [5, 5.41) is 18.3. The second kappa shape index (κ2) is 8.65. The third-order valence-electron chi connectivity index (χ3n) is 5.69. The molecule has 1 fully saturated rings. The number of benzene rings is 2. The van der Waals surface area contributed by atoms with Crippen LogP contribution in [0.5, 0.6) is 0 Å². The smallest absolute Gasteiger partial charge is 0.323 e. The van der Waals surface area contributed by atoms with Crippen LogP contribution in [-0.4, -0.2) is 52.0 Å². The number of carbonyl (C=O) groups excluding carboxylic acids is 1. The normalized spacial score (nSPS) is 13.8. The van der Waals surface area contributed by atoms with Gasteiger partial charge in [-0.25, -0.2) is 9.78 Å². The average molecular weight is 459 g/mol.